The average Bonchev–Trinajstić information content (AvgIpc) is 2.99. The summed E-state index contributed by atoms with van der Waals surface area (Å²) < 4.78 is 1.83. The minimum Gasteiger partial charge on any atom is -0.326 e. The molecule has 4 nitrogen and oxygen atoms in total. The highest BCUT2D eigenvalue weighted by Gasteiger charge is 2.15. The zero-order chi connectivity index (χ0) is 15.0. The predicted octanol–water partition coefficient (Wildman–Crippen LogP) is 2.71. The molecular formula is C17H21N3O. The second-order valence-corrected chi connectivity index (χ2v) is 5.83. The van der Waals surface area contributed by atoms with Crippen molar-refractivity contribution in [2.75, 3.05) is 5.32 Å². The van der Waals surface area contributed by atoms with E-state index in [1.54, 1.807) is 0 Å². The zero-order valence-electron chi connectivity index (χ0n) is 12.9. The first-order chi connectivity index (χ1) is 10.0. The summed E-state index contributed by atoms with van der Waals surface area (Å²) in [5.41, 5.74) is 6.71. The van der Waals surface area contributed by atoms with Crippen LogP contribution in [0.25, 0.3) is 0 Å². The van der Waals surface area contributed by atoms with Crippen LogP contribution in [-0.4, -0.2) is 15.7 Å². The highest BCUT2D eigenvalue weighted by atomic mass is 16.1. The van der Waals surface area contributed by atoms with Gasteiger partial charge in [-0.2, -0.15) is 5.10 Å². The third-order valence-electron chi connectivity index (χ3n) is 4.38. The standard InChI is InChI=1S/C17H21N3O/c1-11-16(12(2)20(3)19-11)10-17(21)18-15-8-7-13-5-4-6-14(13)9-15/h7-9H,4-6,10H2,1-3H3,(H,18,21). The van der Waals surface area contributed by atoms with E-state index in [1.165, 1.54) is 17.5 Å². The number of fused-ring (bicyclic) bond motifs is 1. The van der Waals surface area contributed by atoms with Crippen molar-refractivity contribution in [3.8, 4) is 0 Å². The molecule has 0 saturated carbocycles. The third-order valence-corrected chi connectivity index (χ3v) is 4.38. The number of hydrogen-bond acceptors (Lipinski definition) is 2. The Morgan fingerprint density at radius 2 is 2.05 bits per heavy atom. The molecule has 0 aliphatic heterocycles. The van der Waals surface area contributed by atoms with Crippen LogP contribution in [0.3, 0.4) is 0 Å². The van der Waals surface area contributed by atoms with Gasteiger partial charge >= 0.3 is 0 Å². The van der Waals surface area contributed by atoms with Crippen LogP contribution in [0, 0.1) is 13.8 Å². The molecule has 0 atom stereocenters. The van der Waals surface area contributed by atoms with Gasteiger partial charge in [0, 0.05) is 24.0 Å². The molecule has 1 amide bonds. The van der Waals surface area contributed by atoms with Crippen molar-refractivity contribution in [3.63, 3.8) is 0 Å². The first-order valence-corrected chi connectivity index (χ1v) is 7.45. The lowest BCUT2D eigenvalue weighted by molar-refractivity contribution is -0.115. The summed E-state index contributed by atoms with van der Waals surface area (Å²) in [4.78, 5) is 12.2. The SMILES string of the molecule is Cc1nn(C)c(C)c1CC(=O)Nc1ccc2c(c1)CCC2. The monoisotopic (exact) mass is 283 g/mol. The molecule has 1 heterocycles. The fourth-order valence-corrected chi connectivity index (χ4v) is 3.09. The minimum absolute atomic E-state index is 0.0205. The van der Waals surface area contributed by atoms with Crippen LogP contribution in [-0.2, 0) is 31.1 Å². The summed E-state index contributed by atoms with van der Waals surface area (Å²) in [6.45, 7) is 3.95. The molecule has 0 unspecified atom stereocenters. The second-order valence-electron chi connectivity index (χ2n) is 5.83. The van der Waals surface area contributed by atoms with Gasteiger partial charge in [0.05, 0.1) is 12.1 Å². The van der Waals surface area contributed by atoms with Crippen molar-refractivity contribution in [1.29, 1.82) is 0 Å². The summed E-state index contributed by atoms with van der Waals surface area (Å²) in [7, 11) is 1.91. The van der Waals surface area contributed by atoms with Gasteiger partial charge in [-0.3, -0.25) is 9.48 Å². The molecule has 1 aliphatic carbocycles. The first-order valence-electron chi connectivity index (χ1n) is 7.45. The number of benzene rings is 1. The number of aryl methyl sites for hydroxylation is 4. The summed E-state index contributed by atoms with van der Waals surface area (Å²) in [6, 6.07) is 6.26. The van der Waals surface area contributed by atoms with E-state index in [2.05, 4.69) is 22.5 Å². The molecule has 0 spiro atoms. The molecule has 1 aromatic heterocycles. The Morgan fingerprint density at radius 1 is 1.29 bits per heavy atom. The number of amides is 1. The molecule has 4 heteroatoms. The predicted molar refractivity (Wildman–Crippen MR) is 83.5 cm³/mol. The smallest absolute Gasteiger partial charge is 0.228 e. The third kappa shape index (κ3) is 2.71. The molecule has 21 heavy (non-hydrogen) atoms. The van der Waals surface area contributed by atoms with Gasteiger partial charge in [-0.05, 0) is 56.4 Å². The summed E-state index contributed by atoms with van der Waals surface area (Å²) in [5.74, 6) is 0.0205. The number of carbonyl (C=O) groups excluding carboxylic acids is 1. The maximum absolute atomic E-state index is 12.2. The van der Waals surface area contributed by atoms with Gasteiger partial charge in [-0.15, -0.1) is 0 Å². The fraction of sp³-hybridized carbons (Fsp3) is 0.412. The lowest BCUT2D eigenvalue weighted by Gasteiger charge is -2.08. The van der Waals surface area contributed by atoms with Gasteiger partial charge in [-0.25, -0.2) is 0 Å². The van der Waals surface area contributed by atoms with Crippen molar-refractivity contribution in [1.82, 2.24) is 9.78 Å². The number of anilines is 1. The van der Waals surface area contributed by atoms with Crippen molar-refractivity contribution < 1.29 is 4.79 Å². The lowest BCUT2D eigenvalue weighted by atomic mass is 10.1. The number of aromatic nitrogens is 2. The van der Waals surface area contributed by atoms with Crippen molar-refractivity contribution >= 4 is 11.6 Å². The summed E-state index contributed by atoms with van der Waals surface area (Å²) >= 11 is 0. The van der Waals surface area contributed by atoms with E-state index in [-0.39, 0.29) is 5.91 Å². The Kier molecular flexibility index (Phi) is 3.53. The van der Waals surface area contributed by atoms with Crippen LogP contribution in [0.4, 0.5) is 5.69 Å². The molecule has 1 aromatic carbocycles. The fourth-order valence-electron chi connectivity index (χ4n) is 3.09. The number of rotatable bonds is 3. The van der Waals surface area contributed by atoms with Crippen LogP contribution in [0.15, 0.2) is 18.2 Å². The summed E-state index contributed by atoms with van der Waals surface area (Å²) in [5, 5.41) is 7.36. The number of carbonyl (C=O) groups is 1. The van der Waals surface area contributed by atoms with Crippen LogP contribution in [0.1, 0.15) is 34.5 Å². The van der Waals surface area contributed by atoms with E-state index in [0.717, 1.165) is 35.5 Å². The van der Waals surface area contributed by atoms with Gasteiger partial charge in [0.1, 0.15) is 0 Å². The quantitative estimate of drug-likeness (QED) is 0.941. The number of nitrogens with one attached hydrogen (secondary N) is 1. The van der Waals surface area contributed by atoms with E-state index in [1.807, 2.05) is 31.6 Å². The highest BCUT2D eigenvalue weighted by Crippen LogP contribution is 2.25. The highest BCUT2D eigenvalue weighted by molar-refractivity contribution is 5.92. The van der Waals surface area contributed by atoms with E-state index in [9.17, 15) is 4.79 Å². The largest absolute Gasteiger partial charge is 0.326 e. The molecule has 110 valence electrons. The molecule has 0 bridgehead atoms. The normalized spacial score (nSPS) is 13.3. The van der Waals surface area contributed by atoms with E-state index in [0.29, 0.717) is 6.42 Å². The first kappa shape index (κ1) is 13.9. The lowest BCUT2D eigenvalue weighted by Crippen LogP contribution is -2.15. The number of hydrogen-bond donors (Lipinski definition) is 1. The zero-order valence-corrected chi connectivity index (χ0v) is 12.9. The average molecular weight is 283 g/mol. The van der Waals surface area contributed by atoms with Crippen LogP contribution >= 0.6 is 0 Å². The molecular weight excluding hydrogens is 262 g/mol. The Bertz CT molecular complexity index is 700. The minimum atomic E-state index is 0.0205. The number of nitrogens with zero attached hydrogens (tertiary/aromatic N) is 2. The maximum Gasteiger partial charge on any atom is 0.228 e. The summed E-state index contributed by atoms with van der Waals surface area (Å²) in [6.07, 6.45) is 3.89. The van der Waals surface area contributed by atoms with E-state index in [4.69, 9.17) is 0 Å². The molecule has 0 saturated heterocycles. The van der Waals surface area contributed by atoms with Crippen molar-refractivity contribution in [3.05, 3.63) is 46.3 Å². The Hall–Kier alpha value is -2.10. The van der Waals surface area contributed by atoms with Crippen LogP contribution in [0.2, 0.25) is 0 Å². The van der Waals surface area contributed by atoms with Gasteiger partial charge in [0.15, 0.2) is 0 Å². The molecule has 0 fully saturated rings. The van der Waals surface area contributed by atoms with Crippen molar-refractivity contribution in [2.45, 2.75) is 39.5 Å². The van der Waals surface area contributed by atoms with E-state index < -0.39 is 0 Å². The Morgan fingerprint density at radius 3 is 2.76 bits per heavy atom. The molecule has 1 N–H and O–H groups in total. The Balaban J connectivity index is 1.72. The Labute approximate surface area is 125 Å². The van der Waals surface area contributed by atoms with Gasteiger partial charge in [-0.1, -0.05) is 6.07 Å². The van der Waals surface area contributed by atoms with Gasteiger partial charge < -0.3 is 5.32 Å². The molecule has 2 aromatic rings. The van der Waals surface area contributed by atoms with Crippen LogP contribution < -0.4 is 5.32 Å². The maximum atomic E-state index is 12.2. The molecule has 3 rings (SSSR count). The van der Waals surface area contributed by atoms with Gasteiger partial charge in [0.2, 0.25) is 5.91 Å². The van der Waals surface area contributed by atoms with Crippen LogP contribution in [0.5, 0.6) is 0 Å². The van der Waals surface area contributed by atoms with Crippen molar-refractivity contribution in [2.24, 2.45) is 7.05 Å². The molecule has 1 aliphatic rings. The second kappa shape index (κ2) is 5.35. The van der Waals surface area contributed by atoms with Gasteiger partial charge in [0.25, 0.3) is 0 Å². The molecule has 0 radical (unpaired) electrons. The topological polar surface area (TPSA) is 46.9 Å². The van der Waals surface area contributed by atoms with E-state index >= 15 is 0 Å².